The van der Waals surface area contributed by atoms with Crippen LogP contribution in [0.2, 0.25) is 0 Å². The Morgan fingerprint density at radius 2 is 2.16 bits per heavy atom. The Bertz CT molecular complexity index is 480. The van der Waals surface area contributed by atoms with Crippen LogP contribution in [0.5, 0.6) is 0 Å². The summed E-state index contributed by atoms with van der Waals surface area (Å²) in [5, 5.41) is 3.11. The Balaban J connectivity index is 1.66. The minimum atomic E-state index is 0.0560. The number of hydrogen-bond acceptors (Lipinski definition) is 4. The largest absolute Gasteiger partial charge is 0.381 e. The lowest BCUT2D eigenvalue weighted by Crippen LogP contribution is -2.38. The summed E-state index contributed by atoms with van der Waals surface area (Å²) in [6.45, 7) is 3.57. The molecule has 3 rings (SSSR count). The lowest BCUT2D eigenvalue weighted by atomic mass is 10.1. The van der Waals surface area contributed by atoms with E-state index in [9.17, 15) is 4.79 Å². The van der Waals surface area contributed by atoms with Crippen LogP contribution in [0, 0.1) is 6.92 Å². The number of carbonyl (C=O) groups is 1. The molecule has 1 aliphatic heterocycles. The van der Waals surface area contributed by atoms with Gasteiger partial charge in [0.05, 0.1) is 4.88 Å². The second kappa shape index (κ2) is 5.23. The molecular weight excluding hydrogens is 260 g/mol. The standard InChI is InChI=1S/C14H20N2O2S/c1-8-10(11-6-12(11)15)7-13(19-8)14(17)16-9-2-4-18-5-3-9/h7,9,11-12H,2-6,15H2,1H3,(H,16,17). The topological polar surface area (TPSA) is 64.3 Å². The van der Waals surface area contributed by atoms with Crippen molar-refractivity contribution in [3.05, 3.63) is 21.4 Å². The molecule has 1 amide bonds. The van der Waals surface area contributed by atoms with E-state index < -0.39 is 0 Å². The van der Waals surface area contributed by atoms with Crippen LogP contribution < -0.4 is 11.1 Å². The van der Waals surface area contributed by atoms with E-state index in [0.717, 1.165) is 37.4 Å². The van der Waals surface area contributed by atoms with Crippen LogP contribution in [0.1, 0.15) is 45.3 Å². The number of aryl methyl sites for hydroxylation is 1. The summed E-state index contributed by atoms with van der Waals surface area (Å²) in [5.74, 6) is 0.529. The molecule has 2 fully saturated rings. The molecule has 1 saturated heterocycles. The summed E-state index contributed by atoms with van der Waals surface area (Å²) < 4.78 is 5.30. The fraction of sp³-hybridized carbons (Fsp3) is 0.643. The molecule has 1 aromatic heterocycles. The van der Waals surface area contributed by atoms with Gasteiger partial charge in [-0.2, -0.15) is 0 Å². The van der Waals surface area contributed by atoms with Gasteiger partial charge in [0.25, 0.3) is 5.91 Å². The summed E-state index contributed by atoms with van der Waals surface area (Å²) >= 11 is 1.58. The van der Waals surface area contributed by atoms with Crippen LogP contribution in [-0.2, 0) is 4.74 Å². The van der Waals surface area contributed by atoms with Crippen molar-refractivity contribution in [2.45, 2.75) is 44.2 Å². The molecule has 1 aromatic rings. The van der Waals surface area contributed by atoms with Crippen LogP contribution >= 0.6 is 11.3 Å². The molecule has 19 heavy (non-hydrogen) atoms. The normalized spacial score (nSPS) is 27.3. The van der Waals surface area contributed by atoms with Crippen molar-refractivity contribution >= 4 is 17.2 Å². The van der Waals surface area contributed by atoms with Gasteiger partial charge in [0.2, 0.25) is 0 Å². The van der Waals surface area contributed by atoms with Crippen molar-refractivity contribution in [1.82, 2.24) is 5.32 Å². The lowest BCUT2D eigenvalue weighted by Gasteiger charge is -2.22. The lowest BCUT2D eigenvalue weighted by molar-refractivity contribution is 0.0698. The second-order valence-corrected chi connectivity index (χ2v) is 6.74. The van der Waals surface area contributed by atoms with Crippen molar-refractivity contribution < 1.29 is 9.53 Å². The molecule has 2 heterocycles. The van der Waals surface area contributed by atoms with Crippen LogP contribution in [0.25, 0.3) is 0 Å². The predicted octanol–water partition coefficient (Wildman–Crippen LogP) is 1.78. The van der Waals surface area contributed by atoms with E-state index >= 15 is 0 Å². The molecule has 2 unspecified atom stereocenters. The molecule has 5 heteroatoms. The van der Waals surface area contributed by atoms with Crippen LogP contribution in [-0.4, -0.2) is 31.2 Å². The number of carbonyl (C=O) groups excluding carboxylic acids is 1. The SMILES string of the molecule is Cc1sc(C(=O)NC2CCOCC2)cc1C1CC1N. The molecular formula is C14H20N2O2S. The highest BCUT2D eigenvalue weighted by molar-refractivity contribution is 7.14. The highest BCUT2D eigenvalue weighted by atomic mass is 32.1. The van der Waals surface area contributed by atoms with Gasteiger partial charge in [-0.15, -0.1) is 11.3 Å². The molecule has 4 nitrogen and oxygen atoms in total. The van der Waals surface area contributed by atoms with Gasteiger partial charge in [-0.25, -0.2) is 0 Å². The maximum atomic E-state index is 12.2. The van der Waals surface area contributed by atoms with Crippen molar-refractivity contribution in [3.63, 3.8) is 0 Å². The van der Waals surface area contributed by atoms with Crippen LogP contribution in [0.15, 0.2) is 6.07 Å². The number of hydrogen-bond donors (Lipinski definition) is 2. The molecule has 0 radical (unpaired) electrons. The van der Waals surface area contributed by atoms with E-state index in [-0.39, 0.29) is 11.9 Å². The third-order valence-electron chi connectivity index (χ3n) is 3.98. The molecule has 0 spiro atoms. The van der Waals surface area contributed by atoms with Gasteiger partial charge in [-0.1, -0.05) is 0 Å². The number of thiophene rings is 1. The summed E-state index contributed by atoms with van der Waals surface area (Å²) in [7, 11) is 0. The summed E-state index contributed by atoms with van der Waals surface area (Å²) in [6, 6.07) is 2.58. The fourth-order valence-electron chi connectivity index (χ4n) is 2.65. The minimum Gasteiger partial charge on any atom is -0.381 e. The van der Waals surface area contributed by atoms with Gasteiger partial charge in [0.15, 0.2) is 0 Å². The highest BCUT2D eigenvalue weighted by Crippen LogP contribution is 2.43. The predicted molar refractivity (Wildman–Crippen MR) is 75.7 cm³/mol. The summed E-state index contributed by atoms with van der Waals surface area (Å²) in [6.07, 6.45) is 2.88. The summed E-state index contributed by atoms with van der Waals surface area (Å²) in [4.78, 5) is 14.3. The first kappa shape index (κ1) is 13.1. The molecule has 2 aliphatic rings. The van der Waals surface area contributed by atoms with Crippen molar-refractivity contribution in [2.24, 2.45) is 5.73 Å². The summed E-state index contributed by atoms with van der Waals surface area (Å²) in [5.41, 5.74) is 7.17. The Kier molecular flexibility index (Phi) is 3.60. The number of nitrogens with one attached hydrogen (secondary N) is 1. The highest BCUT2D eigenvalue weighted by Gasteiger charge is 2.37. The zero-order valence-corrected chi connectivity index (χ0v) is 12.0. The van der Waals surface area contributed by atoms with E-state index in [1.165, 1.54) is 10.4 Å². The maximum absolute atomic E-state index is 12.2. The van der Waals surface area contributed by atoms with Crippen molar-refractivity contribution in [2.75, 3.05) is 13.2 Å². The zero-order chi connectivity index (χ0) is 13.4. The van der Waals surface area contributed by atoms with Gasteiger partial charge in [0.1, 0.15) is 0 Å². The molecule has 0 aromatic carbocycles. The quantitative estimate of drug-likeness (QED) is 0.887. The Labute approximate surface area is 117 Å². The number of amides is 1. The first-order valence-electron chi connectivity index (χ1n) is 6.89. The van der Waals surface area contributed by atoms with Gasteiger partial charge in [-0.3, -0.25) is 4.79 Å². The Morgan fingerprint density at radius 1 is 1.47 bits per heavy atom. The molecule has 1 aliphatic carbocycles. The van der Waals surface area contributed by atoms with Crippen molar-refractivity contribution in [3.8, 4) is 0 Å². The number of rotatable bonds is 3. The molecule has 104 valence electrons. The number of ether oxygens (including phenoxy) is 1. The van der Waals surface area contributed by atoms with Gasteiger partial charge in [-0.05, 0) is 37.8 Å². The van der Waals surface area contributed by atoms with E-state index in [2.05, 4.69) is 12.2 Å². The second-order valence-electron chi connectivity index (χ2n) is 5.49. The Hall–Kier alpha value is -0.910. The minimum absolute atomic E-state index is 0.0560. The van der Waals surface area contributed by atoms with Crippen molar-refractivity contribution in [1.29, 1.82) is 0 Å². The smallest absolute Gasteiger partial charge is 0.261 e. The average Bonchev–Trinajstić information content (AvgIpc) is 2.98. The van der Waals surface area contributed by atoms with E-state index in [1.807, 2.05) is 6.07 Å². The van der Waals surface area contributed by atoms with E-state index in [0.29, 0.717) is 12.0 Å². The van der Waals surface area contributed by atoms with Crippen LogP contribution in [0.4, 0.5) is 0 Å². The molecule has 2 atom stereocenters. The first-order chi connectivity index (χ1) is 9.15. The molecule has 3 N–H and O–H groups in total. The third-order valence-corrected chi connectivity index (χ3v) is 5.04. The molecule has 1 saturated carbocycles. The van der Waals surface area contributed by atoms with Gasteiger partial charge >= 0.3 is 0 Å². The molecule has 0 bridgehead atoms. The van der Waals surface area contributed by atoms with Gasteiger partial charge in [0, 0.05) is 36.1 Å². The number of nitrogens with two attached hydrogens (primary N) is 1. The van der Waals surface area contributed by atoms with Crippen LogP contribution in [0.3, 0.4) is 0 Å². The van der Waals surface area contributed by atoms with E-state index in [1.54, 1.807) is 11.3 Å². The third kappa shape index (κ3) is 2.83. The zero-order valence-electron chi connectivity index (χ0n) is 11.1. The average molecular weight is 280 g/mol. The monoisotopic (exact) mass is 280 g/mol. The maximum Gasteiger partial charge on any atom is 0.261 e. The van der Waals surface area contributed by atoms with E-state index in [4.69, 9.17) is 10.5 Å². The fourth-order valence-corrected chi connectivity index (χ4v) is 3.64. The Morgan fingerprint density at radius 3 is 2.79 bits per heavy atom. The van der Waals surface area contributed by atoms with Gasteiger partial charge < -0.3 is 15.8 Å². The first-order valence-corrected chi connectivity index (χ1v) is 7.71.